The zero-order valence-electron chi connectivity index (χ0n) is 20.2. The number of carboxylic acid groups (broad SMARTS) is 1. The summed E-state index contributed by atoms with van der Waals surface area (Å²) >= 11 is 0. The summed E-state index contributed by atoms with van der Waals surface area (Å²) in [5.41, 5.74) is 5.40. The molecular weight excluding hydrogens is 460 g/mol. The zero-order valence-corrected chi connectivity index (χ0v) is 20.2. The van der Waals surface area contributed by atoms with Crippen LogP contribution in [-0.2, 0) is 4.79 Å². The molecule has 0 aliphatic rings. The Labute approximate surface area is 214 Å². The van der Waals surface area contributed by atoms with Gasteiger partial charge in [-0.15, -0.1) is 0 Å². The molecule has 0 fully saturated rings. The van der Waals surface area contributed by atoms with E-state index in [4.69, 9.17) is 9.97 Å². The third kappa shape index (κ3) is 4.38. The first-order valence-corrected chi connectivity index (χ1v) is 12.5. The van der Waals surface area contributed by atoms with E-state index in [1.165, 1.54) is 0 Å². The Balaban J connectivity index is 1.24. The smallest absolute Gasteiger partial charge is 0.326 e. The van der Waals surface area contributed by atoms with Crippen molar-refractivity contribution >= 4 is 61.0 Å². The normalized spacial score (nSPS) is 12.2. The molecule has 0 radical (unpaired) electrons. The maximum Gasteiger partial charge on any atom is 0.326 e. The maximum absolute atomic E-state index is 12.3. The predicted octanol–water partition coefficient (Wildman–Crippen LogP) is 6.85. The van der Waals surface area contributed by atoms with Gasteiger partial charge in [0.15, 0.2) is 0 Å². The molecule has 4 aromatic carbocycles. The fraction of sp³-hybridized carbons (Fsp3) is 0.129. The van der Waals surface area contributed by atoms with Crippen LogP contribution >= 0.6 is 0 Å². The van der Waals surface area contributed by atoms with Crippen LogP contribution in [0.3, 0.4) is 0 Å². The van der Waals surface area contributed by atoms with Crippen molar-refractivity contribution < 1.29 is 9.90 Å². The number of hydrogen-bond donors (Lipinski definition) is 3. The van der Waals surface area contributed by atoms with Crippen LogP contribution in [-0.4, -0.2) is 33.6 Å². The van der Waals surface area contributed by atoms with Gasteiger partial charge in [-0.2, -0.15) is 0 Å². The Hall–Kier alpha value is -4.71. The Morgan fingerprint density at radius 3 is 1.49 bits per heavy atom. The first-order valence-electron chi connectivity index (χ1n) is 12.5. The van der Waals surface area contributed by atoms with Crippen molar-refractivity contribution in [1.82, 2.24) is 9.97 Å². The number of aromatic nitrogens is 2. The number of aliphatic carboxylic acids is 1. The molecule has 6 rings (SSSR count). The van der Waals surface area contributed by atoms with Crippen LogP contribution in [0.25, 0.3) is 43.6 Å². The van der Waals surface area contributed by atoms with Crippen molar-refractivity contribution in [3.05, 3.63) is 97.1 Å². The maximum atomic E-state index is 12.3. The number of pyridine rings is 2. The van der Waals surface area contributed by atoms with Crippen LogP contribution in [0.15, 0.2) is 97.1 Å². The molecule has 2 aromatic heterocycles. The minimum absolute atomic E-state index is 0.467. The monoisotopic (exact) mass is 486 g/mol. The second-order valence-corrected chi connectivity index (χ2v) is 9.15. The summed E-state index contributed by atoms with van der Waals surface area (Å²) in [4.78, 5) is 21.8. The highest BCUT2D eigenvalue weighted by molar-refractivity contribution is 6.08. The molecule has 0 saturated heterocycles. The number of rotatable bonds is 8. The fourth-order valence-electron chi connectivity index (χ4n) is 4.98. The predicted molar refractivity (Wildman–Crippen MR) is 151 cm³/mol. The van der Waals surface area contributed by atoms with E-state index >= 15 is 0 Å². The minimum atomic E-state index is -0.871. The molecule has 0 aliphatic heterocycles. The third-order valence-corrected chi connectivity index (χ3v) is 6.76. The van der Waals surface area contributed by atoms with Crippen molar-refractivity contribution in [2.75, 3.05) is 17.2 Å². The van der Waals surface area contributed by atoms with Crippen molar-refractivity contribution in [2.45, 2.75) is 18.9 Å². The van der Waals surface area contributed by atoms with Gasteiger partial charge in [0.25, 0.3) is 0 Å². The summed E-state index contributed by atoms with van der Waals surface area (Å²) in [6.07, 6.45) is 1.14. The number of anilines is 2. The summed E-state index contributed by atoms with van der Waals surface area (Å²) in [5.74, 6) is -0.871. The lowest BCUT2D eigenvalue weighted by molar-refractivity contribution is -0.138. The van der Waals surface area contributed by atoms with E-state index < -0.39 is 12.0 Å². The molecule has 1 atom stereocenters. The minimum Gasteiger partial charge on any atom is -0.480 e. The van der Waals surface area contributed by atoms with Crippen LogP contribution < -0.4 is 10.6 Å². The Morgan fingerprint density at radius 2 is 1.05 bits per heavy atom. The number of hydrogen-bond acceptors (Lipinski definition) is 5. The number of para-hydroxylation sites is 4. The van der Waals surface area contributed by atoms with Crippen molar-refractivity contribution in [3.8, 4) is 0 Å². The van der Waals surface area contributed by atoms with Crippen LogP contribution in [0.1, 0.15) is 12.8 Å². The van der Waals surface area contributed by atoms with E-state index in [1.807, 2.05) is 84.9 Å². The largest absolute Gasteiger partial charge is 0.480 e. The lowest BCUT2D eigenvalue weighted by atomic mass is 10.0. The van der Waals surface area contributed by atoms with Crippen LogP contribution in [0.4, 0.5) is 11.4 Å². The Bertz CT molecular complexity index is 1660. The average Bonchev–Trinajstić information content (AvgIpc) is 2.93. The molecule has 6 heteroatoms. The quantitative estimate of drug-likeness (QED) is 0.161. The lowest BCUT2D eigenvalue weighted by Crippen LogP contribution is -2.30. The van der Waals surface area contributed by atoms with E-state index in [1.54, 1.807) is 0 Å². The van der Waals surface area contributed by atoms with E-state index in [0.717, 1.165) is 55.0 Å². The molecule has 182 valence electrons. The number of benzene rings is 4. The van der Waals surface area contributed by atoms with Gasteiger partial charge < -0.3 is 15.7 Å². The first-order chi connectivity index (χ1) is 18.2. The summed E-state index contributed by atoms with van der Waals surface area (Å²) in [6, 6.07) is 31.1. The second kappa shape index (κ2) is 9.74. The number of carboxylic acids is 1. The molecular formula is C31H26N4O2. The van der Waals surface area contributed by atoms with Crippen LogP contribution in [0, 0.1) is 0 Å². The number of nitrogens with zero attached hydrogens (tertiary/aromatic N) is 2. The highest BCUT2D eigenvalue weighted by Crippen LogP contribution is 2.32. The van der Waals surface area contributed by atoms with Gasteiger partial charge in [-0.05, 0) is 37.1 Å². The highest BCUT2D eigenvalue weighted by atomic mass is 16.4. The first kappa shape index (κ1) is 22.7. The van der Waals surface area contributed by atoms with E-state index in [2.05, 4.69) is 22.8 Å². The molecule has 6 aromatic rings. The molecule has 0 saturated carbocycles. The number of carbonyl (C=O) groups is 1. The summed E-state index contributed by atoms with van der Waals surface area (Å²) < 4.78 is 0. The van der Waals surface area contributed by atoms with Crippen molar-refractivity contribution in [3.63, 3.8) is 0 Å². The molecule has 0 amide bonds. The molecule has 0 spiro atoms. The lowest BCUT2D eigenvalue weighted by Gasteiger charge is -2.19. The molecule has 1 unspecified atom stereocenters. The standard InChI is InChI=1S/C31H26N4O2/c36-31(37)28(35-30-22-12-3-7-16-26(22)34-27-17-8-4-13-23(27)30)18-9-19-32-29-20-10-1-5-14-24(20)33-25-15-6-2-11-21(25)29/h1-8,10-17,28H,9,18-19H2,(H,32,33)(H,34,35)(H,36,37). The topological polar surface area (TPSA) is 87.1 Å². The van der Waals surface area contributed by atoms with Gasteiger partial charge in [0, 0.05) is 28.1 Å². The van der Waals surface area contributed by atoms with Gasteiger partial charge in [-0.3, -0.25) is 0 Å². The van der Waals surface area contributed by atoms with Gasteiger partial charge in [0.1, 0.15) is 6.04 Å². The van der Waals surface area contributed by atoms with Crippen molar-refractivity contribution in [1.29, 1.82) is 0 Å². The van der Waals surface area contributed by atoms with Gasteiger partial charge in [-0.25, -0.2) is 14.8 Å². The molecule has 0 aliphatic carbocycles. The van der Waals surface area contributed by atoms with Gasteiger partial charge in [0.05, 0.1) is 33.4 Å². The summed E-state index contributed by atoms with van der Waals surface area (Å²) in [7, 11) is 0. The molecule has 0 bridgehead atoms. The average molecular weight is 487 g/mol. The second-order valence-electron chi connectivity index (χ2n) is 9.15. The van der Waals surface area contributed by atoms with E-state index in [9.17, 15) is 9.90 Å². The van der Waals surface area contributed by atoms with Crippen LogP contribution in [0.2, 0.25) is 0 Å². The summed E-state index contributed by atoms with van der Waals surface area (Å²) in [5, 5.41) is 20.9. The van der Waals surface area contributed by atoms with Crippen molar-refractivity contribution in [2.24, 2.45) is 0 Å². The number of fused-ring (bicyclic) bond motifs is 4. The van der Waals surface area contributed by atoms with E-state index in [0.29, 0.717) is 19.4 Å². The molecule has 6 nitrogen and oxygen atoms in total. The molecule has 2 heterocycles. The SMILES string of the molecule is O=C(O)C(CCCNc1c2ccccc2nc2ccccc12)Nc1c2ccccc2nc2ccccc12. The molecule has 3 N–H and O–H groups in total. The Morgan fingerprint density at radius 1 is 0.649 bits per heavy atom. The van der Waals surface area contributed by atoms with E-state index in [-0.39, 0.29) is 0 Å². The number of nitrogens with one attached hydrogen (secondary N) is 2. The van der Waals surface area contributed by atoms with Gasteiger partial charge >= 0.3 is 5.97 Å². The zero-order chi connectivity index (χ0) is 25.2. The van der Waals surface area contributed by atoms with Gasteiger partial charge in [0.2, 0.25) is 0 Å². The van der Waals surface area contributed by atoms with Crippen LogP contribution in [0.5, 0.6) is 0 Å². The fourth-order valence-corrected chi connectivity index (χ4v) is 4.98. The Kier molecular flexibility index (Phi) is 5.98. The third-order valence-electron chi connectivity index (χ3n) is 6.76. The molecule has 37 heavy (non-hydrogen) atoms. The summed E-state index contributed by atoms with van der Waals surface area (Å²) in [6.45, 7) is 0.640. The van der Waals surface area contributed by atoms with Gasteiger partial charge in [-0.1, -0.05) is 72.8 Å². The highest BCUT2D eigenvalue weighted by Gasteiger charge is 2.20.